The maximum absolute atomic E-state index is 14.0. The topological polar surface area (TPSA) is 140 Å². The number of pyridine rings is 2. The van der Waals surface area contributed by atoms with Crippen LogP contribution in [0.1, 0.15) is 73.0 Å². The minimum absolute atomic E-state index is 0.0792. The van der Waals surface area contributed by atoms with E-state index < -0.39 is 17.6 Å². The second-order valence-corrected chi connectivity index (χ2v) is 12.8. The Hall–Kier alpha value is -5.54. The van der Waals surface area contributed by atoms with E-state index in [9.17, 15) is 29.0 Å². The van der Waals surface area contributed by atoms with Crippen molar-refractivity contribution in [2.45, 2.75) is 57.7 Å². The molecule has 1 fully saturated rings. The molecule has 0 saturated heterocycles. The predicted molar refractivity (Wildman–Crippen MR) is 164 cm³/mol. The highest BCUT2D eigenvalue weighted by Crippen LogP contribution is 2.55. The fourth-order valence-corrected chi connectivity index (χ4v) is 5.83. The Morgan fingerprint density at radius 3 is 2.33 bits per heavy atom. The SMILES string of the molecule is CC(C)(C)CNc1c(C#N)cnc2c(C#N)cc(C[C@H](c3cn(C4(C(F)(F)F)CC4)nn3)c3ccc(C#N)c4cnccc34)cc12. The summed E-state index contributed by atoms with van der Waals surface area (Å²) in [5.74, 6) is -0.613. The molecule has 3 heterocycles. The van der Waals surface area contributed by atoms with Crippen LogP contribution < -0.4 is 5.32 Å². The zero-order chi connectivity index (χ0) is 32.9. The number of halogens is 3. The predicted octanol–water partition coefficient (Wildman–Crippen LogP) is 6.87. The molecule has 12 heteroatoms. The summed E-state index contributed by atoms with van der Waals surface area (Å²) >= 11 is 0. The molecule has 0 radical (unpaired) electrons. The first kappa shape index (κ1) is 30.5. The van der Waals surface area contributed by atoms with Crippen LogP contribution in [0, 0.1) is 39.4 Å². The van der Waals surface area contributed by atoms with E-state index in [0.717, 1.165) is 4.68 Å². The van der Waals surface area contributed by atoms with Gasteiger partial charge in [-0.3, -0.25) is 9.97 Å². The molecule has 9 nitrogen and oxygen atoms in total. The molecule has 0 bridgehead atoms. The van der Waals surface area contributed by atoms with Crippen molar-refractivity contribution in [3.63, 3.8) is 0 Å². The number of alkyl halides is 3. The van der Waals surface area contributed by atoms with Gasteiger partial charge in [0.2, 0.25) is 0 Å². The van der Waals surface area contributed by atoms with E-state index >= 15 is 0 Å². The van der Waals surface area contributed by atoms with Crippen molar-refractivity contribution in [3.05, 3.63) is 88.6 Å². The van der Waals surface area contributed by atoms with Gasteiger partial charge >= 0.3 is 6.18 Å². The molecule has 1 aliphatic carbocycles. The quantitative estimate of drug-likeness (QED) is 0.208. The first-order valence-corrected chi connectivity index (χ1v) is 14.6. The summed E-state index contributed by atoms with van der Waals surface area (Å²) in [7, 11) is 0. The molecule has 3 aromatic heterocycles. The number of nitrogens with one attached hydrogen (secondary N) is 1. The molecule has 0 aliphatic heterocycles. The van der Waals surface area contributed by atoms with E-state index in [2.05, 4.69) is 64.6 Å². The molecule has 46 heavy (non-hydrogen) atoms. The summed E-state index contributed by atoms with van der Waals surface area (Å²) in [5, 5.41) is 43.3. The van der Waals surface area contributed by atoms with Gasteiger partial charge in [-0.25, -0.2) is 4.68 Å². The molecule has 0 spiro atoms. The smallest absolute Gasteiger partial charge is 0.383 e. The summed E-state index contributed by atoms with van der Waals surface area (Å²) in [6.07, 6.45) is 1.56. The fraction of sp³-hybridized carbons (Fsp3) is 0.324. The number of anilines is 1. The number of hydrogen-bond acceptors (Lipinski definition) is 8. The van der Waals surface area contributed by atoms with Gasteiger partial charge in [-0.15, -0.1) is 5.10 Å². The van der Waals surface area contributed by atoms with Gasteiger partial charge in [0.25, 0.3) is 0 Å². The molecule has 1 N–H and O–H groups in total. The van der Waals surface area contributed by atoms with Crippen molar-refractivity contribution in [3.8, 4) is 18.2 Å². The van der Waals surface area contributed by atoms with Crippen LogP contribution in [0.2, 0.25) is 0 Å². The molecular weight excluding hydrogens is 591 g/mol. The van der Waals surface area contributed by atoms with Crippen LogP contribution in [0.25, 0.3) is 21.7 Å². The Kier molecular flexibility index (Phi) is 7.37. The minimum atomic E-state index is -4.48. The van der Waals surface area contributed by atoms with Crippen LogP contribution in [-0.4, -0.2) is 37.7 Å². The average Bonchev–Trinajstić information content (AvgIpc) is 3.72. The molecule has 1 saturated carbocycles. The Balaban J connectivity index is 1.54. The Morgan fingerprint density at radius 2 is 1.67 bits per heavy atom. The van der Waals surface area contributed by atoms with Crippen LogP contribution in [-0.2, 0) is 12.0 Å². The van der Waals surface area contributed by atoms with Gasteiger partial charge in [-0.05, 0) is 65.5 Å². The zero-order valence-corrected chi connectivity index (χ0v) is 25.3. The number of fused-ring (bicyclic) bond motifs is 2. The molecule has 6 rings (SSSR count). The molecule has 5 aromatic rings. The van der Waals surface area contributed by atoms with Gasteiger partial charge in [0.1, 0.15) is 12.1 Å². The van der Waals surface area contributed by atoms with Crippen molar-refractivity contribution in [2.24, 2.45) is 5.41 Å². The first-order chi connectivity index (χ1) is 21.9. The lowest BCUT2D eigenvalue weighted by molar-refractivity contribution is -0.182. The Labute approximate surface area is 262 Å². The summed E-state index contributed by atoms with van der Waals surface area (Å²) in [6.45, 7) is 6.72. The average molecular weight is 620 g/mol. The molecular formula is C34H28F3N9. The van der Waals surface area contributed by atoms with Gasteiger partial charge < -0.3 is 5.32 Å². The number of aromatic nitrogens is 5. The van der Waals surface area contributed by atoms with E-state index in [-0.39, 0.29) is 24.7 Å². The molecule has 2 aromatic carbocycles. The van der Waals surface area contributed by atoms with E-state index in [1.165, 1.54) is 12.4 Å². The van der Waals surface area contributed by atoms with Crippen LogP contribution in [0.15, 0.2) is 55.1 Å². The summed E-state index contributed by atoms with van der Waals surface area (Å²) in [4.78, 5) is 8.61. The fourth-order valence-electron chi connectivity index (χ4n) is 5.83. The number of benzene rings is 2. The Bertz CT molecular complexity index is 2120. The highest BCUT2D eigenvalue weighted by Gasteiger charge is 2.66. The monoisotopic (exact) mass is 619 g/mol. The van der Waals surface area contributed by atoms with Crippen molar-refractivity contribution >= 4 is 27.4 Å². The van der Waals surface area contributed by atoms with E-state index in [1.54, 1.807) is 36.7 Å². The molecule has 1 aliphatic rings. The highest BCUT2D eigenvalue weighted by atomic mass is 19.4. The third-order valence-corrected chi connectivity index (χ3v) is 8.41. The van der Waals surface area contributed by atoms with E-state index in [1.807, 2.05) is 6.07 Å². The number of nitrogens with zero attached hydrogens (tertiary/aromatic N) is 8. The van der Waals surface area contributed by atoms with Crippen LogP contribution in [0.3, 0.4) is 0 Å². The molecule has 0 amide bonds. The largest absolute Gasteiger partial charge is 0.413 e. The molecule has 0 unspecified atom stereocenters. The van der Waals surface area contributed by atoms with Gasteiger partial charge in [0.15, 0.2) is 5.54 Å². The molecule has 1 atom stereocenters. The summed E-state index contributed by atoms with van der Waals surface area (Å²) in [6, 6.07) is 15.3. The second kappa shape index (κ2) is 11.1. The summed E-state index contributed by atoms with van der Waals surface area (Å²) in [5.41, 5.74) is 1.53. The maximum atomic E-state index is 14.0. The van der Waals surface area contributed by atoms with Crippen molar-refractivity contribution in [1.82, 2.24) is 25.0 Å². The van der Waals surface area contributed by atoms with Gasteiger partial charge in [-0.2, -0.15) is 29.0 Å². The van der Waals surface area contributed by atoms with Crippen molar-refractivity contribution in [2.75, 3.05) is 11.9 Å². The van der Waals surface area contributed by atoms with E-state index in [4.69, 9.17) is 0 Å². The van der Waals surface area contributed by atoms with E-state index in [0.29, 0.717) is 67.4 Å². The number of rotatable bonds is 7. The third kappa shape index (κ3) is 5.35. The number of nitriles is 3. The lowest BCUT2D eigenvalue weighted by Crippen LogP contribution is -2.35. The first-order valence-electron chi connectivity index (χ1n) is 14.6. The highest BCUT2D eigenvalue weighted by molar-refractivity contribution is 5.97. The maximum Gasteiger partial charge on any atom is 0.413 e. The lowest BCUT2D eigenvalue weighted by Gasteiger charge is -2.22. The standard InChI is InChI=1S/C34H28F3N9/c1-32(2,3)19-43-31-23(15-40)16-42-30-22(14-39)10-20(12-27(30)31)11-26(24-5-4-21(13-38)28-17-41-9-6-25(24)28)29-18-46(45-44-29)33(7-8-33)34(35,36)37/h4-6,9-10,12,16-18,26H,7-8,11,19H2,1-3H3,(H,42,43)/t26-/m0/s1. The lowest BCUT2D eigenvalue weighted by atomic mass is 9.85. The second-order valence-electron chi connectivity index (χ2n) is 12.8. The Morgan fingerprint density at radius 1 is 0.935 bits per heavy atom. The van der Waals surface area contributed by atoms with Gasteiger partial charge in [-0.1, -0.05) is 32.1 Å². The normalized spacial score (nSPS) is 14.8. The van der Waals surface area contributed by atoms with Crippen LogP contribution in [0.4, 0.5) is 18.9 Å². The van der Waals surface area contributed by atoms with Gasteiger partial charge in [0.05, 0.1) is 45.9 Å². The summed E-state index contributed by atoms with van der Waals surface area (Å²) < 4.78 is 43.0. The zero-order valence-electron chi connectivity index (χ0n) is 25.3. The van der Waals surface area contributed by atoms with Crippen molar-refractivity contribution < 1.29 is 13.2 Å². The van der Waals surface area contributed by atoms with Gasteiger partial charge in [0, 0.05) is 41.8 Å². The third-order valence-electron chi connectivity index (χ3n) is 8.41. The van der Waals surface area contributed by atoms with Crippen molar-refractivity contribution in [1.29, 1.82) is 15.8 Å². The minimum Gasteiger partial charge on any atom is -0.383 e. The van der Waals surface area contributed by atoms with Crippen LogP contribution in [0.5, 0.6) is 0 Å². The number of hydrogen-bond donors (Lipinski definition) is 1. The molecule has 230 valence electrons. The van der Waals surface area contributed by atoms with Crippen LogP contribution >= 0.6 is 0 Å².